The van der Waals surface area contributed by atoms with Crippen molar-refractivity contribution in [1.29, 1.82) is 0 Å². The van der Waals surface area contributed by atoms with Gasteiger partial charge in [-0.1, -0.05) is 34.8 Å². The summed E-state index contributed by atoms with van der Waals surface area (Å²) in [7, 11) is -3.85. The lowest BCUT2D eigenvalue weighted by molar-refractivity contribution is 0.281. The number of sulfonamides is 1. The summed E-state index contributed by atoms with van der Waals surface area (Å²) in [5.74, 6) is 0. The van der Waals surface area contributed by atoms with Crippen molar-refractivity contribution in [2.24, 2.45) is 0 Å². The quantitative estimate of drug-likeness (QED) is 0.861. The fourth-order valence-electron chi connectivity index (χ4n) is 1.62. The molecule has 0 aliphatic carbocycles. The summed E-state index contributed by atoms with van der Waals surface area (Å²) in [5, 5.41) is 10.0. The molecule has 0 saturated carbocycles. The predicted molar refractivity (Wildman–Crippen MR) is 84.6 cm³/mol. The second-order valence-electron chi connectivity index (χ2n) is 4.14. The Balaban J connectivity index is 2.38. The van der Waals surface area contributed by atoms with Gasteiger partial charge in [0.1, 0.15) is 0 Å². The van der Waals surface area contributed by atoms with Crippen molar-refractivity contribution in [1.82, 2.24) is 0 Å². The summed E-state index contributed by atoms with van der Waals surface area (Å²) in [4.78, 5) is -0.0260. The summed E-state index contributed by atoms with van der Waals surface area (Å²) in [6.07, 6.45) is 0. The van der Waals surface area contributed by atoms with Crippen LogP contribution in [0.3, 0.4) is 0 Å². The fourth-order valence-corrected chi connectivity index (χ4v) is 3.43. The third kappa shape index (κ3) is 3.81. The molecule has 21 heavy (non-hydrogen) atoms. The summed E-state index contributed by atoms with van der Waals surface area (Å²) in [5.41, 5.74) is 0.531. The molecular formula is C13H10Cl3NO3S. The van der Waals surface area contributed by atoms with Crippen LogP contribution in [0.4, 0.5) is 5.69 Å². The normalized spacial score (nSPS) is 11.4. The van der Waals surface area contributed by atoms with E-state index in [0.29, 0.717) is 15.6 Å². The first kappa shape index (κ1) is 16.4. The first-order chi connectivity index (χ1) is 9.83. The smallest absolute Gasteiger partial charge is 0.261 e. The molecule has 2 rings (SSSR count). The molecule has 0 heterocycles. The number of aliphatic hydroxyl groups excluding tert-OH is 1. The molecule has 0 unspecified atom stereocenters. The Morgan fingerprint density at radius 1 is 1.00 bits per heavy atom. The first-order valence-electron chi connectivity index (χ1n) is 5.70. The Labute approximate surface area is 137 Å². The van der Waals surface area contributed by atoms with Gasteiger partial charge in [0, 0.05) is 10.0 Å². The number of hydrogen-bond acceptors (Lipinski definition) is 3. The molecule has 0 radical (unpaired) electrons. The third-order valence-electron chi connectivity index (χ3n) is 2.67. The monoisotopic (exact) mass is 365 g/mol. The van der Waals surface area contributed by atoms with Crippen LogP contribution in [-0.2, 0) is 16.6 Å². The van der Waals surface area contributed by atoms with Crippen molar-refractivity contribution in [3.05, 3.63) is 57.0 Å². The topological polar surface area (TPSA) is 66.4 Å². The molecule has 0 aromatic heterocycles. The molecule has 0 aliphatic heterocycles. The molecule has 0 saturated heterocycles. The first-order valence-corrected chi connectivity index (χ1v) is 8.32. The Morgan fingerprint density at radius 2 is 1.71 bits per heavy atom. The van der Waals surface area contributed by atoms with Crippen molar-refractivity contribution < 1.29 is 13.5 Å². The Kier molecular flexibility index (Phi) is 5.01. The SMILES string of the molecule is O=S(=O)(Nc1ccc(Cl)cc1Cl)c1ccc(Cl)c(CO)c1. The minimum atomic E-state index is -3.85. The van der Waals surface area contributed by atoms with E-state index in [2.05, 4.69) is 4.72 Å². The van der Waals surface area contributed by atoms with E-state index in [1.54, 1.807) is 0 Å². The number of nitrogens with one attached hydrogen (secondary N) is 1. The number of aliphatic hydroxyl groups is 1. The van der Waals surface area contributed by atoms with Crippen molar-refractivity contribution in [3.63, 3.8) is 0 Å². The van der Waals surface area contributed by atoms with Crippen LogP contribution in [0.1, 0.15) is 5.56 Å². The highest BCUT2D eigenvalue weighted by atomic mass is 35.5. The minimum Gasteiger partial charge on any atom is -0.392 e. The van der Waals surface area contributed by atoms with E-state index < -0.39 is 10.0 Å². The van der Waals surface area contributed by atoms with Gasteiger partial charge in [-0.3, -0.25) is 4.72 Å². The van der Waals surface area contributed by atoms with Gasteiger partial charge in [-0.25, -0.2) is 8.42 Å². The van der Waals surface area contributed by atoms with Crippen molar-refractivity contribution in [2.45, 2.75) is 11.5 Å². The van der Waals surface area contributed by atoms with E-state index in [0.717, 1.165) is 0 Å². The molecule has 4 nitrogen and oxygen atoms in total. The van der Waals surface area contributed by atoms with Crippen LogP contribution in [0.5, 0.6) is 0 Å². The Morgan fingerprint density at radius 3 is 2.33 bits per heavy atom. The lowest BCUT2D eigenvalue weighted by atomic mass is 10.2. The molecule has 2 aromatic rings. The largest absolute Gasteiger partial charge is 0.392 e. The van der Waals surface area contributed by atoms with Crippen LogP contribution in [0.2, 0.25) is 15.1 Å². The molecule has 0 spiro atoms. The second kappa shape index (κ2) is 6.42. The van der Waals surface area contributed by atoms with Gasteiger partial charge in [-0.15, -0.1) is 0 Å². The van der Waals surface area contributed by atoms with E-state index in [9.17, 15) is 8.42 Å². The number of anilines is 1. The van der Waals surface area contributed by atoms with Crippen molar-refractivity contribution >= 4 is 50.5 Å². The molecule has 112 valence electrons. The van der Waals surface area contributed by atoms with E-state index >= 15 is 0 Å². The van der Waals surface area contributed by atoms with Gasteiger partial charge >= 0.3 is 0 Å². The van der Waals surface area contributed by atoms with Gasteiger partial charge in [0.2, 0.25) is 0 Å². The lowest BCUT2D eigenvalue weighted by Crippen LogP contribution is -2.13. The maximum absolute atomic E-state index is 12.3. The summed E-state index contributed by atoms with van der Waals surface area (Å²) in [6.45, 7) is -0.357. The standard InChI is InChI=1S/C13H10Cl3NO3S/c14-9-1-4-13(12(16)6-9)17-21(19,20)10-2-3-11(15)8(5-10)7-18/h1-6,17-18H,7H2. The number of rotatable bonds is 4. The van der Waals surface area contributed by atoms with Crippen LogP contribution < -0.4 is 4.72 Å². The summed E-state index contributed by atoms with van der Waals surface area (Å²) >= 11 is 17.5. The van der Waals surface area contributed by atoms with Gasteiger partial charge in [-0.2, -0.15) is 0 Å². The van der Waals surface area contributed by atoms with Gasteiger partial charge in [0.15, 0.2) is 0 Å². The van der Waals surface area contributed by atoms with Gasteiger partial charge in [-0.05, 0) is 42.0 Å². The molecule has 0 aliphatic rings. The van der Waals surface area contributed by atoms with E-state index in [1.165, 1.54) is 36.4 Å². The zero-order valence-electron chi connectivity index (χ0n) is 10.5. The van der Waals surface area contributed by atoms with Gasteiger partial charge < -0.3 is 5.11 Å². The number of benzene rings is 2. The predicted octanol–water partition coefficient (Wildman–Crippen LogP) is 3.94. The summed E-state index contributed by atoms with van der Waals surface area (Å²) < 4.78 is 26.9. The fraction of sp³-hybridized carbons (Fsp3) is 0.0769. The Bertz CT molecular complexity index is 778. The maximum Gasteiger partial charge on any atom is 0.261 e. The van der Waals surface area contributed by atoms with E-state index in [1.807, 2.05) is 0 Å². The highest BCUT2D eigenvalue weighted by Gasteiger charge is 2.17. The van der Waals surface area contributed by atoms with Crippen molar-refractivity contribution in [3.8, 4) is 0 Å². The maximum atomic E-state index is 12.3. The molecule has 8 heteroatoms. The van der Waals surface area contributed by atoms with Gasteiger partial charge in [0.05, 0.1) is 22.2 Å². The van der Waals surface area contributed by atoms with Gasteiger partial charge in [0.25, 0.3) is 10.0 Å². The molecule has 0 atom stereocenters. The van der Waals surface area contributed by atoms with E-state index in [4.69, 9.17) is 39.9 Å². The summed E-state index contributed by atoms with van der Waals surface area (Å²) in [6, 6.07) is 8.46. The van der Waals surface area contributed by atoms with E-state index in [-0.39, 0.29) is 22.2 Å². The molecule has 2 N–H and O–H groups in total. The number of halogens is 3. The third-order valence-corrected chi connectivity index (χ3v) is 4.95. The molecule has 2 aromatic carbocycles. The van der Waals surface area contributed by atoms with Crippen LogP contribution in [-0.4, -0.2) is 13.5 Å². The highest BCUT2D eigenvalue weighted by Crippen LogP contribution is 2.28. The van der Waals surface area contributed by atoms with Crippen molar-refractivity contribution in [2.75, 3.05) is 4.72 Å². The minimum absolute atomic E-state index is 0.0260. The molecule has 0 fully saturated rings. The average Bonchev–Trinajstić information content (AvgIpc) is 2.42. The number of hydrogen-bond donors (Lipinski definition) is 2. The average molecular weight is 367 g/mol. The van der Waals surface area contributed by atoms with Crippen LogP contribution in [0.25, 0.3) is 0 Å². The highest BCUT2D eigenvalue weighted by molar-refractivity contribution is 7.92. The van der Waals surface area contributed by atoms with Crippen LogP contribution in [0, 0.1) is 0 Å². The molecule has 0 bridgehead atoms. The lowest BCUT2D eigenvalue weighted by Gasteiger charge is -2.11. The van der Waals surface area contributed by atoms with Crippen LogP contribution in [0.15, 0.2) is 41.3 Å². The molecular weight excluding hydrogens is 357 g/mol. The van der Waals surface area contributed by atoms with Crippen LogP contribution >= 0.6 is 34.8 Å². The zero-order chi connectivity index (χ0) is 15.6. The molecule has 0 amide bonds. The Hall–Kier alpha value is -0.980. The zero-order valence-corrected chi connectivity index (χ0v) is 13.6. The second-order valence-corrected chi connectivity index (χ2v) is 7.07.